The molecule has 0 amide bonds. The van der Waals surface area contributed by atoms with E-state index >= 15 is 0 Å². The zero-order chi connectivity index (χ0) is 20.0. The third-order valence-corrected chi connectivity index (χ3v) is 5.56. The Kier molecular flexibility index (Phi) is 7.53. The van der Waals surface area contributed by atoms with Gasteiger partial charge in [0.05, 0.1) is 22.7 Å². The van der Waals surface area contributed by atoms with E-state index in [1.54, 1.807) is 11.0 Å². The van der Waals surface area contributed by atoms with Crippen LogP contribution in [0.1, 0.15) is 25.3 Å². The number of carboxylic acids is 2. The predicted octanol–water partition coefficient (Wildman–Crippen LogP) is 3.71. The number of nitrogens with zero attached hydrogens (tertiary/aromatic N) is 1. The first-order valence-corrected chi connectivity index (χ1v) is 9.46. The van der Waals surface area contributed by atoms with E-state index in [-0.39, 0.29) is 11.1 Å². The molecule has 1 saturated heterocycles. The molecule has 2 rings (SSSR count). The maximum absolute atomic E-state index is 11.4. The van der Waals surface area contributed by atoms with Crippen LogP contribution in [0, 0.1) is 5.41 Å². The summed E-state index contributed by atoms with van der Waals surface area (Å²) >= 11 is 12.1. The second kappa shape index (κ2) is 9.44. The van der Waals surface area contributed by atoms with Crippen LogP contribution in [0.5, 0.6) is 0 Å². The molecule has 0 radical (unpaired) electrons. The van der Waals surface area contributed by atoms with Gasteiger partial charge < -0.3 is 19.8 Å². The summed E-state index contributed by atoms with van der Waals surface area (Å²) in [7, 11) is 0. The Morgan fingerprint density at radius 1 is 1.22 bits per heavy atom. The molecule has 0 atom stereocenters. The maximum atomic E-state index is 11.4. The summed E-state index contributed by atoms with van der Waals surface area (Å²) in [5.74, 6) is -2.51. The first-order valence-electron chi connectivity index (χ1n) is 8.71. The minimum Gasteiger partial charge on any atom is -0.478 e. The van der Waals surface area contributed by atoms with Gasteiger partial charge in [-0.3, -0.25) is 0 Å². The lowest BCUT2D eigenvalue weighted by Gasteiger charge is -2.42. The molecule has 2 N–H and O–H groups in total. The Morgan fingerprint density at radius 2 is 1.89 bits per heavy atom. The van der Waals surface area contributed by atoms with E-state index in [2.05, 4.69) is 0 Å². The van der Waals surface area contributed by atoms with E-state index in [1.165, 1.54) is 0 Å². The van der Waals surface area contributed by atoms with Crippen molar-refractivity contribution < 1.29 is 24.5 Å². The average Bonchev–Trinajstić information content (AvgIpc) is 2.62. The van der Waals surface area contributed by atoms with Crippen LogP contribution in [0.2, 0.25) is 10.0 Å². The number of hydrogen-bond acceptors (Lipinski definition) is 4. The van der Waals surface area contributed by atoms with Crippen molar-refractivity contribution in [2.75, 3.05) is 26.3 Å². The highest BCUT2D eigenvalue weighted by Crippen LogP contribution is 2.37. The Bertz CT molecular complexity index is 727. The Morgan fingerprint density at radius 3 is 2.41 bits per heavy atom. The topological polar surface area (TPSA) is 87.1 Å². The lowest BCUT2D eigenvalue weighted by Crippen LogP contribution is -2.44. The van der Waals surface area contributed by atoms with E-state index in [1.807, 2.05) is 19.1 Å². The number of benzene rings is 1. The third kappa shape index (κ3) is 5.86. The molecule has 0 bridgehead atoms. The number of likely N-dealkylation sites (tertiary alicyclic amines) is 1. The minimum absolute atomic E-state index is 0.170. The zero-order valence-corrected chi connectivity index (χ0v) is 16.6. The summed E-state index contributed by atoms with van der Waals surface area (Å²) in [4.78, 5) is 23.9. The van der Waals surface area contributed by atoms with Crippen LogP contribution in [-0.2, 0) is 20.7 Å². The fourth-order valence-corrected chi connectivity index (χ4v) is 3.72. The van der Waals surface area contributed by atoms with Gasteiger partial charge in [0, 0.05) is 25.1 Å². The van der Waals surface area contributed by atoms with Gasteiger partial charge in [0.1, 0.15) is 5.70 Å². The largest absolute Gasteiger partial charge is 0.478 e. The van der Waals surface area contributed by atoms with Crippen LogP contribution in [0.15, 0.2) is 30.0 Å². The normalized spacial score (nSPS) is 17.0. The number of piperidine rings is 1. The average molecular weight is 416 g/mol. The Hall–Kier alpha value is -1.76. The fraction of sp³-hybridized carbons (Fsp3) is 0.474. The summed E-state index contributed by atoms with van der Waals surface area (Å²) < 4.78 is 5.71. The van der Waals surface area contributed by atoms with Crippen LogP contribution in [0.25, 0.3) is 0 Å². The smallest absolute Gasteiger partial charge is 0.352 e. The van der Waals surface area contributed by atoms with E-state index in [4.69, 9.17) is 33.0 Å². The lowest BCUT2D eigenvalue weighted by molar-refractivity contribution is -0.137. The maximum Gasteiger partial charge on any atom is 0.352 e. The predicted molar refractivity (Wildman–Crippen MR) is 103 cm³/mol. The molecule has 1 aliphatic heterocycles. The summed E-state index contributed by atoms with van der Waals surface area (Å²) in [6.45, 7) is 3.95. The van der Waals surface area contributed by atoms with Crippen LogP contribution < -0.4 is 0 Å². The van der Waals surface area contributed by atoms with Crippen molar-refractivity contribution in [3.8, 4) is 0 Å². The summed E-state index contributed by atoms with van der Waals surface area (Å²) in [5, 5.41) is 19.2. The van der Waals surface area contributed by atoms with Crippen molar-refractivity contribution in [3.05, 3.63) is 45.6 Å². The van der Waals surface area contributed by atoms with Crippen LogP contribution >= 0.6 is 23.2 Å². The molecule has 1 aromatic carbocycles. The number of carbonyl (C=O) groups is 2. The molecule has 0 saturated carbocycles. The SMILES string of the molecule is CCOCC1(Cc2ccc(Cl)c(Cl)c2)CCN(/C(=C\C(=O)O)C(=O)O)CC1. The quantitative estimate of drug-likeness (QED) is 0.629. The minimum atomic E-state index is -1.27. The third-order valence-electron chi connectivity index (χ3n) is 4.82. The highest BCUT2D eigenvalue weighted by Gasteiger charge is 2.36. The first kappa shape index (κ1) is 21.5. The molecular formula is C19H23Cl2NO5. The number of carboxylic acid groups (broad SMARTS) is 2. The van der Waals surface area contributed by atoms with Crippen LogP contribution in [-0.4, -0.2) is 53.4 Å². The second-order valence-corrected chi connectivity index (χ2v) is 7.54. The molecule has 27 heavy (non-hydrogen) atoms. The van der Waals surface area contributed by atoms with Crippen LogP contribution in [0.4, 0.5) is 0 Å². The summed E-state index contributed by atoms with van der Waals surface area (Å²) in [6, 6.07) is 5.54. The van der Waals surface area contributed by atoms with Gasteiger partial charge in [-0.25, -0.2) is 9.59 Å². The molecule has 1 fully saturated rings. The Balaban J connectivity index is 2.17. The van der Waals surface area contributed by atoms with Crippen molar-refractivity contribution in [3.63, 3.8) is 0 Å². The molecule has 6 nitrogen and oxygen atoms in total. The molecule has 0 spiro atoms. The summed E-state index contributed by atoms with van der Waals surface area (Å²) in [6.07, 6.45) is 2.83. The molecule has 0 unspecified atom stereocenters. The van der Waals surface area contributed by atoms with E-state index in [0.29, 0.717) is 49.2 Å². The van der Waals surface area contributed by atoms with Gasteiger partial charge >= 0.3 is 11.9 Å². The lowest BCUT2D eigenvalue weighted by atomic mass is 9.74. The highest BCUT2D eigenvalue weighted by molar-refractivity contribution is 6.42. The molecular weight excluding hydrogens is 393 g/mol. The number of aliphatic carboxylic acids is 2. The van der Waals surface area contributed by atoms with Gasteiger partial charge in [0.2, 0.25) is 0 Å². The molecule has 0 aliphatic carbocycles. The van der Waals surface area contributed by atoms with E-state index < -0.39 is 11.9 Å². The molecule has 0 aromatic heterocycles. The van der Waals surface area contributed by atoms with Gasteiger partial charge in [-0.05, 0) is 43.9 Å². The van der Waals surface area contributed by atoms with Gasteiger partial charge in [-0.15, -0.1) is 0 Å². The highest BCUT2D eigenvalue weighted by atomic mass is 35.5. The molecule has 8 heteroatoms. The van der Waals surface area contributed by atoms with Crippen molar-refractivity contribution in [1.82, 2.24) is 4.90 Å². The summed E-state index contributed by atoms with van der Waals surface area (Å²) in [5.41, 5.74) is 0.676. The first-order chi connectivity index (χ1) is 12.8. The number of rotatable bonds is 8. The van der Waals surface area contributed by atoms with Gasteiger partial charge in [0.15, 0.2) is 0 Å². The molecule has 1 heterocycles. The zero-order valence-electron chi connectivity index (χ0n) is 15.1. The van der Waals surface area contributed by atoms with Crippen molar-refractivity contribution in [2.24, 2.45) is 5.41 Å². The number of hydrogen-bond donors (Lipinski definition) is 2. The Labute approximate surface area is 168 Å². The van der Waals surface area contributed by atoms with Crippen LogP contribution in [0.3, 0.4) is 0 Å². The monoisotopic (exact) mass is 415 g/mol. The van der Waals surface area contributed by atoms with Crippen molar-refractivity contribution in [2.45, 2.75) is 26.2 Å². The van der Waals surface area contributed by atoms with E-state index in [0.717, 1.165) is 18.1 Å². The number of ether oxygens (including phenoxy) is 1. The fourth-order valence-electron chi connectivity index (χ4n) is 3.40. The van der Waals surface area contributed by atoms with Crippen molar-refractivity contribution in [1.29, 1.82) is 0 Å². The molecule has 1 aliphatic rings. The van der Waals surface area contributed by atoms with Gasteiger partial charge in [-0.1, -0.05) is 29.3 Å². The van der Waals surface area contributed by atoms with Gasteiger partial charge in [0.25, 0.3) is 0 Å². The van der Waals surface area contributed by atoms with Gasteiger partial charge in [-0.2, -0.15) is 0 Å². The molecule has 148 valence electrons. The van der Waals surface area contributed by atoms with Crippen molar-refractivity contribution >= 4 is 35.1 Å². The number of halogens is 2. The molecule has 1 aromatic rings. The van der Waals surface area contributed by atoms with E-state index in [9.17, 15) is 14.7 Å². The standard InChI is InChI=1S/C19H23Cl2NO5/c1-2-27-12-19(11-13-3-4-14(20)15(21)9-13)5-7-22(8-6-19)16(18(25)26)10-17(23)24/h3-4,9-10H,2,5-8,11-12H2,1H3,(H,23,24)(H,25,26)/b16-10-. The second-order valence-electron chi connectivity index (χ2n) is 6.72.